The molecule has 0 saturated heterocycles. The van der Waals surface area contributed by atoms with Crippen LogP contribution in [0.3, 0.4) is 0 Å². The lowest BCUT2D eigenvalue weighted by atomic mass is 10.3. The van der Waals surface area contributed by atoms with E-state index in [9.17, 15) is 0 Å². The number of nitrogens with zero attached hydrogens (tertiary/aromatic N) is 4. The van der Waals surface area contributed by atoms with Crippen LogP contribution in [0.15, 0.2) is 6.07 Å². The highest BCUT2D eigenvalue weighted by Gasteiger charge is 2.32. The van der Waals surface area contributed by atoms with Crippen LogP contribution in [-0.4, -0.2) is 22.6 Å². The van der Waals surface area contributed by atoms with Crippen LogP contribution in [0.5, 0.6) is 0 Å². The van der Waals surface area contributed by atoms with Crippen LogP contribution < -0.4 is 4.90 Å². The highest BCUT2D eigenvalue weighted by Crippen LogP contribution is 2.40. The van der Waals surface area contributed by atoms with Gasteiger partial charge in [-0.3, -0.25) is 0 Å². The average molecular weight is 263 g/mol. The van der Waals surface area contributed by atoms with Gasteiger partial charge in [-0.1, -0.05) is 11.6 Å². The minimum Gasteiger partial charge on any atom is -0.352 e. The van der Waals surface area contributed by atoms with Gasteiger partial charge in [0.2, 0.25) is 0 Å². The number of hydrogen-bond acceptors (Lipinski definition) is 4. The second kappa shape index (κ2) is 4.74. The van der Waals surface area contributed by atoms with Gasteiger partial charge in [-0.15, -0.1) is 0 Å². The van der Waals surface area contributed by atoms with Crippen molar-refractivity contribution < 1.29 is 0 Å². The summed E-state index contributed by atoms with van der Waals surface area (Å²) in [6.07, 6.45) is 5.23. The Morgan fingerprint density at radius 1 is 1.33 bits per heavy atom. The lowest BCUT2D eigenvalue weighted by Crippen LogP contribution is -2.28. The van der Waals surface area contributed by atoms with Crippen molar-refractivity contribution in [1.29, 1.82) is 5.26 Å². The van der Waals surface area contributed by atoms with Crippen LogP contribution in [0.25, 0.3) is 0 Å². The minimum atomic E-state index is 0.500. The molecule has 3 rings (SSSR count). The van der Waals surface area contributed by atoms with E-state index in [-0.39, 0.29) is 0 Å². The fourth-order valence-corrected chi connectivity index (χ4v) is 2.32. The maximum atomic E-state index is 8.74. The average Bonchev–Trinajstić information content (AvgIpc) is 3.21. The summed E-state index contributed by atoms with van der Waals surface area (Å²) in [4.78, 5) is 11.1. The molecule has 0 amide bonds. The molecule has 1 aromatic rings. The minimum absolute atomic E-state index is 0.500. The van der Waals surface area contributed by atoms with Gasteiger partial charge in [0.05, 0.1) is 12.5 Å². The van der Waals surface area contributed by atoms with E-state index in [4.69, 9.17) is 16.9 Å². The van der Waals surface area contributed by atoms with Crippen molar-refractivity contribution >= 4 is 17.4 Å². The highest BCUT2D eigenvalue weighted by atomic mass is 35.5. The van der Waals surface area contributed by atoms with E-state index in [0.29, 0.717) is 23.5 Å². The quantitative estimate of drug-likeness (QED) is 0.766. The molecule has 0 spiro atoms. The van der Waals surface area contributed by atoms with Crippen molar-refractivity contribution in [1.82, 2.24) is 9.97 Å². The largest absolute Gasteiger partial charge is 0.352 e. The zero-order valence-electron chi connectivity index (χ0n) is 10.1. The third kappa shape index (κ3) is 2.56. The van der Waals surface area contributed by atoms with E-state index < -0.39 is 0 Å². The van der Waals surface area contributed by atoms with E-state index in [1.54, 1.807) is 0 Å². The van der Waals surface area contributed by atoms with Gasteiger partial charge in [0.1, 0.15) is 16.8 Å². The smallest absolute Gasteiger partial charge is 0.135 e. The molecule has 0 aromatic carbocycles. The monoisotopic (exact) mass is 262 g/mol. The molecule has 0 aliphatic heterocycles. The fourth-order valence-electron chi connectivity index (χ4n) is 2.13. The number of halogens is 1. The predicted molar refractivity (Wildman–Crippen MR) is 69.6 cm³/mol. The standard InChI is InChI=1S/C13H15ClN4/c14-11-8-12(17-13(16-11)9-2-3-9)18(7-1-6-15)10-4-5-10/h8-10H,1-5,7H2. The molecule has 0 unspecified atom stereocenters. The number of anilines is 1. The lowest BCUT2D eigenvalue weighted by molar-refractivity contribution is 0.765. The summed E-state index contributed by atoms with van der Waals surface area (Å²) < 4.78 is 0. The Morgan fingerprint density at radius 2 is 2.11 bits per heavy atom. The molecule has 1 aromatic heterocycles. The van der Waals surface area contributed by atoms with Gasteiger partial charge in [-0.2, -0.15) is 5.26 Å². The molecule has 1 heterocycles. The van der Waals surface area contributed by atoms with Crippen LogP contribution >= 0.6 is 11.6 Å². The molecule has 94 valence electrons. The molecule has 2 saturated carbocycles. The molecule has 0 atom stereocenters. The van der Waals surface area contributed by atoms with Gasteiger partial charge in [-0.25, -0.2) is 9.97 Å². The Balaban J connectivity index is 1.85. The van der Waals surface area contributed by atoms with Crippen LogP contribution in [-0.2, 0) is 0 Å². The zero-order valence-corrected chi connectivity index (χ0v) is 10.9. The van der Waals surface area contributed by atoms with Crippen molar-refractivity contribution in [2.45, 2.75) is 44.1 Å². The van der Waals surface area contributed by atoms with Gasteiger partial charge in [0.25, 0.3) is 0 Å². The molecule has 4 nitrogen and oxygen atoms in total. The molecule has 0 radical (unpaired) electrons. The maximum absolute atomic E-state index is 8.74. The lowest BCUT2D eigenvalue weighted by Gasteiger charge is -2.22. The Bertz CT molecular complexity index is 488. The van der Waals surface area contributed by atoms with Crippen molar-refractivity contribution in [2.75, 3.05) is 11.4 Å². The SMILES string of the molecule is N#CCCN(c1cc(Cl)nc(C2CC2)n1)C1CC1. The van der Waals surface area contributed by atoms with Gasteiger partial charge in [0, 0.05) is 24.6 Å². The van der Waals surface area contributed by atoms with Crippen LogP contribution in [0, 0.1) is 11.3 Å². The summed E-state index contributed by atoms with van der Waals surface area (Å²) >= 11 is 6.08. The first-order valence-corrected chi connectivity index (χ1v) is 6.84. The Hall–Kier alpha value is -1.34. The number of aromatic nitrogens is 2. The molecule has 18 heavy (non-hydrogen) atoms. The van der Waals surface area contributed by atoms with Crippen molar-refractivity contribution in [3.05, 3.63) is 17.0 Å². The van der Waals surface area contributed by atoms with Gasteiger partial charge < -0.3 is 4.90 Å². The van der Waals surface area contributed by atoms with E-state index in [0.717, 1.165) is 18.2 Å². The van der Waals surface area contributed by atoms with Gasteiger partial charge in [-0.05, 0) is 25.7 Å². The van der Waals surface area contributed by atoms with E-state index in [2.05, 4.69) is 20.9 Å². The number of rotatable bonds is 5. The third-order valence-corrected chi connectivity index (χ3v) is 3.58. The molecule has 2 aliphatic rings. The molecular weight excluding hydrogens is 248 g/mol. The summed E-state index contributed by atoms with van der Waals surface area (Å²) in [6.45, 7) is 0.735. The third-order valence-electron chi connectivity index (χ3n) is 3.39. The van der Waals surface area contributed by atoms with Crippen molar-refractivity contribution in [2.24, 2.45) is 0 Å². The Kier molecular flexibility index (Phi) is 3.09. The summed E-state index contributed by atoms with van der Waals surface area (Å²) in [5.41, 5.74) is 0. The zero-order chi connectivity index (χ0) is 12.5. The first-order chi connectivity index (χ1) is 8.78. The number of nitriles is 1. The highest BCUT2D eigenvalue weighted by molar-refractivity contribution is 6.29. The molecule has 2 fully saturated rings. The van der Waals surface area contributed by atoms with Crippen LogP contribution in [0.4, 0.5) is 5.82 Å². The molecule has 0 bridgehead atoms. The molecule has 0 N–H and O–H groups in total. The van der Waals surface area contributed by atoms with E-state index in [1.165, 1.54) is 25.7 Å². The van der Waals surface area contributed by atoms with E-state index in [1.807, 2.05) is 6.07 Å². The van der Waals surface area contributed by atoms with E-state index >= 15 is 0 Å². The fraction of sp³-hybridized carbons (Fsp3) is 0.615. The van der Waals surface area contributed by atoms with Gasteiger partial charge >= 0.3 is 0 Å². The summed E-state index contributed by atoms with van der Waals surface area (Å²) in [7, 11) is 0. The van der Waals surface area contributed by atoms with Gasteiger partial charge in [0.15, 0.2) is 0 Å². The first kappa shape index (κ1) is 11.7. The molecule has 5 heteroatoms. The number of hydrogen-bond donors (Lipinski definition) is 0. The molecule has 2 aliphatic carbocycles. The van der Waals surface area contributed by atoms with Crippen molar-refractivity contribution in [3.63, 3.8) is 0 Å². The summed E-state index contributed by atoms with van der Waals surface area (Å²) in [6, 6.07) is 4.56. The van der Waals surface area contributed by atoms with Crippen LogP contribution in [0.2, 0.25) is 5.15 Å². The second-order valence-corrected chi connectivity index (χ2v) is 5.40. The first-order valence-electron chi connectivity index (χ1n) is 6.46. The molecular formula is C13H15ClN4. The van der Waals surface area contributed by atoms with Crippen LogP contribution in [0.1, 0.15) is 43.8 Å². The normalized spacial score (nSPS) is 18.4. The van der Waals surface area contributed by atoms with Crippen molar-refractivity contribution in [3.8, 4) is 6.07 Å². The summed E-state index contributed by atoms with van der Waals surface area (Å²) in [5.74, 6) is 2.27. The predicted octanol–water partition coefficient (Wildman–Crippen LogP) is 2.89. The Morgan fingerprint density at radius 3 is 2.72 bits per heavy atom. The topological polar surface area (TPSA) is 52.8 Å². The second-order valence-electron chi connectivity index (χ2n) is 5.01. The summed E-state index contributed by atoms with van der Waals surface area (Å²) in [5, 5.41) is 9.25. The Labute approximate surface area is 112 Å². The maximum Gasteiger partial charge on any atom is 0.135 e.